The molecule has 0 fully saturated rings. The van der Waals surface area contributed by atoms with Crippen molar-refractivity contribution < 1.29 is 0 Å². The molecule has 0 atom stereocenters. The molecule has 0 bridgehead atoms. The summed E-state index contributed by atoms with van der Waals surface area (Å²) in [6.07, 6.45) is 3.84. The third kappa shape index (κ3) is 0.905. The number of hydrogen-bond acceptors (Lipinski definition) is 2. The van der Waals surface area contributed by atoms with Gasteiger partial charge < -0.3 is 10.1 Å². The van der Waals surface area contributed by atoms with Crippen molar-refractivity contribution in [2.45, 2.75) is 13.5 Å². The summed E-state index contributed by atoms with van der Waals surface area (Å²) in [5.74, 6) is 0.911. The number of pyridine rings is 1. The van der Waals surface area contributed by atoms with Gasteiger partial charge in [-0.1, -0.05) is 6.07 Å². The zero-order valence-corrected chi connectivity index (χ0v) is 6.99. The number of nitrogens with zero attached hydrogens (tertiary/aromatic N) is 2. The summed E-state index contributed by atoms with van der Waals surface area (Å²) in [4.78, 5) is 4.21. The van der Waals surface area contributed by atoms with Crippen LogP contribution in [0.4, 0.5) is 0 Å². The lowest BCUT2D eigenvalue weighted by molar-refractivity contribution is 0.902. The number of aromatic nitrogens is 2. The summed E-state index contributed by atoms with van der Waals surface area (Å²) in [5.41, 5.74) is 7.89. The lowest BCUT2D eigenvalue weighted by Gasteiger charge is -1.99. The second kappa shape index (κ2) is 2.60. The molecule has 0 aliphatic rings. The largest absolute Gasteiger partial charge is 0.324 e. The van der Waals surface area contributed by atoms with Crippen molar-refractivity contribution in [1.82, 2.24) is 9.38 Å². The van der Waals surface area contributed by atoms with E-state index in [0.29, 0.717) is 6.54 Å². The highest BCUT2D eigenvalue weighted by Crippen LogP contribution is 2.10. The van der Waals surface area contributed by atoms with Gasteiger partial charge in [0.25, 0.3) is 0 Å². The highest BCUT2D eigenvalue weighted by Gasteiger charge is 2.01. The van der Waals surface area contributed by atoms with Gasteiger partial charge in [-0.25, -0.2) is 4.98 Å². The van der Waals surface area contributed by atoms with E-state index in [-0.39, 0.29) is 0 Å². The van der Waals surface area contributed by atoms with Gasteiger partial charge in [-0.05, 0) is 18.6 Å². The molecule has 2 aromatic rings. The summed E-state index contributed by atoms with van der Waals surface area (Å²) in [7, 11) is 0. The molecule has 0 saturated heterocycles. The van der Waals surface area contributed by atoms with Gasteiger partial charge in [-0.3, -0.25) is 0 Å². The van der Waals surface area contributed by atoms with Gasteiger partial charge in [0.05, 0.1) is 18.3 Å². The Bertz CT molecular complexity index is 403. The van der Waals surface area contributed by atoms with E-state index in [1.54, 1.807) is 0 Å². The fraction of sp³-hybridized carbons (Fsp3) is 0.222. The Balaban J connectivity index is 2.80. The molecule has 0 radical (unpaired) electrons. The van der Waals surface area contributed by atoms with Crippen molar-refractivity contribution in [3.05, 3.63) is 35.9 Å². The van der Waals surface area contributed by atoms with Crippen molar-refractivity contribution in [3.63, 3.8) is 0 Å². The summed E-state index contributed by atoms with van der Waals surface area (Å²) >= 11 is 0. The van der Waals surface area contributed by atoms with Crippen LogP contribution in [-0.4, -0.2) is 9.38 Å². The van der Waals surface area contributed by atoms with Gasteiger partial charge in [-0.15, -0.1) is 0 Å². The molecule has 0 aromatic carbocycles. The number of rotatable bonds is 1. The summed E-state index contributed by atoms with van der Waals surface area (Å²) in [6.45, 7) is 2.55. The van der Waals surface area contributed by atoms with Gasteiger partial charge in [-0.2, -0.15) is 0 Å². The molecule has 2 aromatic heterocycles. The van der Waals surface area contributed by atoms with Gasteiger partial charge in [0.1, 0.15) is 5.82 Å². The zero-order chi connectivity index (χ0) is 8.55. The van der Waals surface area contributed by atoms with Crippen LogP contribution in [0.25, 0.3) is 5.52 Å². The molecule has 3 nitrogen and oxygen atoms in total. The average molecular weight is 161 g/mol. The van der Waals surface area contributed by atoms with Gasteiger partial charge in [0, 0.05) is 6.20 Å². The molecule has 12 heavy (non-hydrogen) atoms. The first-order valence-electron chi connectivity index (χ1n) is 3.94. The molecule has 0 spiro atoms. The van der Waals surface area contributed by atoms with E-state index >= 15 is 0 Å². The first-order valence-corrected chi connectivity index (χ1v) is 3.94. The van der Waals surface area contributed by atoms with Crippen molar-refractivity contribution in [2.75, 3.05) is 0 Å². The summed E-state index contributed by atoms with van der Waals surface area (Å²) in [5, 5.41) is 0. The van der Waals surface area contributed by atoms with Gasteiger partial charge in [0.2, 0.25) is 0 Å². The summed E-state index contributed by atoms with van der Waals surface area (Å²) < 4.78 is 2.02. The predicted molar refractivity (Wildman–Crippen MR) is 47.8 cm³/mol. The standard InChI is InChI=1S/C9H11N3/c1-7-3-2-4-12-8(7)6-11-9(12)5-10/h2-4,6H,5,10H2,1H3. The van der Waals surface area contributed by atoms with Crippen LogP contribution < -0.4 is 5.73 Å². The first-order chi connectivity index (χ1) is 5.83. The molecule has 3 heteroatoms. The van der Waals surface area contributed by atoms with Crippen LogP contribution in [0.3, 0.4) is 0 Å². The molecule has 0 amide bonds. The van der Waals surface area contributed by atoms with E-state index in [1.807, 2.05) is 22.9 Å². The Hall–Kier alpha value is -1.35. The maximum absolute atomic E-state index is 5.53. The average Bonchev–Trinajstić information content (AvgIpc) is 2.49. The fourth-order valence-corrected chi connectivity index (χ4v) is 1.37. The van der Waals surface area contributed by atoms with Gasteiger partial charge in [0.15, 0.2) is 0 Å². The van der Waals surface area contributed by atoms with E-state index in [4.69, 9.17) is 5.73 Å². The number of hydrogen-bond donors (Lipinski definition) is 1. The molecule has 0 saturated carbocycles. The van der Waals surface area contributed by atoms with Crippen LogP contribution in [0.2, 0.25) is 0 Å². The Morgan fingerprint density at radius 3 is 3.17 bits per heavy atom. The second-order valence-corrected chi connectivity index (χ2v) is 2.82. The molecular formula is C9H11N3. The van der Waals surface area contributed by atoms with Crippen molar-refractivity contribution in [3.8, 4) is 0 Å². The minimum absolute atomic E-state index is 0.484. The molecule has 0 aliphatic carbocycles. The van der Waals surface area contributed by atoms with Crippen LogP contribution in [-0.2, 0) is 6.54 Å². The smallest absolute Gasteiger partial charge is 0.127 e. The zero-order valence-electron chi connectivity index (χ0n) is 6.99. The minimum Gasteiger partial charge on any atom is -0.324 e. The minimum atomic E-state index is 0.484. The molecule has 2 N–H and O–H groups in total. The highest BCUT2D eigenvalue weighted by atomic mass is 15.0. The Morgan fingerprint density at radius 2 is 2.42 bits per heavy atom. The molecule has 2 heterocycles. The van der Waals surface area contributed by atoms with Crippen LogP contribution in [0.5, 0.6) is 0 Å². The third-order valence-corrected chi connectivity index (χ3v) is 2.04. The number of nitrogens with two attached hydrogens (primary N) is 1. The molecular weight excluding hydrogens is 150 g/mol. The third-order valence-electron chi connectivity index (χ3n) is 2.04. The van der Waals surface area contributed by atoms with E-state index in [1.165, 1.54) is 5.56 Å². The SMILES string of the molecule is Cc1cccn2c(CN)ncc12. The van der Waals surface area contributed by atoms with E-state index in [9.17, 15) is 0 Å². The van der Waals surface area contributed by atoms with Crippen LogP contribution >= 0.6 is 0 Å². The monoisotopic (exact) mass is 161 g/mol. The normalized spacial score (nSPS) is 10.8. The van der Waals surface area contributed by atoms with Crippen molar-refractivity contribution in [2.24, 2.45) is 5.73 Å². The molecule has 0 unspecified atom stereocenters. The van der Waals surface area contributed by atoms with E-state index < -0.39 is 0 Å². The Kier molecular flexibility index (Phi) is 1.59. The van der Waals surface area contributed by atoms with Crippen molar-refractivity contribution in [1.29, 1.82) is 0 Å². The first kappa shape index (κ1) is 7.31. The molecule has 62 valence electrons. The quantitative estimate of drug-likeness (QED) is 0.680. The number of aryl methyl sites for hydroxylation is 1. The van der Waals surface area contributed by atoms with Crippen LogP contribution in [0, 0.1) is 6.92 Å². The van der Waals surface area contributed by atoms with Gasteiger partial charge >= 0.3 is 0 Å². The lowest BCUT2D eigenvalue weighted by atomic mass is 10.3. The van der Waals surface area contributed by atoms with Crippen LogP contribution in [0.1, 0.15) is 11.4 Å². The maximum Gasteiger partial charge on any atom is 0.127 e. The van der Waals surface area contributed by atoms with E-state index in [0.717, 1.165) is 11.3 Å². The lowest BCUT2D eigenvalue weighted by Crippen LogP contribution is -2.02. The predicted octanol–water partition coefficient (Wildman–Crippen LogP) is 1.10. The maximum atomic E-state index is 5.53. The Labute approximate surface area is 70.8 Å². The second-order valence-electron chi connectivity index (χ2n) is 2.82. The van der Waals surface area contributed by atoms with Crippen molar-refractivity contribution >= 4 is 5.52 Å². The topological polar surface area (TPSA) is 43.3 Å². The Morgan fingerprint density at radius 1 is 1.58 bits per heavy atom. The van der Waals surface area contributed by atoms with Crippen LogP contribution in [0.15, 0.2) is 24.5 Å². The molecule has 2 rings (SSSR count). The summed E-state index contributed by atoms with van der Waals surface area (Å²) in [6, 6.07) is 4.07. The number of imidazole rings is 1. The molecule has 0 aliphatic heterocycles. The highest BCUT2D eigenvalue weighted by molar-refractivity contribution is 5.53. The van der Waals surface area contributed by atoms with E-state index in [2.05, 4.69) is 18.0 Å². The fourth-order valence-electron chi connectivity index (χ4n) is 1.37. The number of fused-ring (bicyclic) bond motifs is 1.